The number of β-lactam (4-membered cyclic amide) rings is 1. The third kappa shape index (κ3) is 5.73. The molecule has 1 saturated heterocycles. The Morgan fingerprint density at radius 2 is 1.94 bits per heavy atom. The van der Waals surface area contributed by atoms with Crippen LogP contribution in [0.5, 0.6) is 11.5 Å². The van der Waals surface area contributed by atoms with Gasteiger partial charge in [0.1, 0.15) is 17.5 Å². The van der Waals surface area contributed by atoms with Crippen molar-refractivity contribution in [1.29, 1.82) is 0 Å². The number of carbonyl (C=O) groups excluding carboxylic acids is 2. The Labute approximate surface area is 180 Å². The number of aromatic hydroxyl groups is 1. The molecule has 0 spiro atoms. The molecular formula is C22H26N4O5. The Bertz CT molecular complexity index is 941. The number of hydrogen-bond acceptors (Lipinski definition) is 7. The zero-order valence-electron chi connectivity index (χ0n) is 17.2. The van der Waals surface area contributed by atoms with Gasteiger partial charge in [-0.05, 0) is 55.3 Å². The molecule has 1 aliphatic rings. The number of benzene rings is 2. The van der Waals surface area contributed by atoms with E-state index in [1.165, 1.54) is 0 Å². The second-order valence-electron chi connectivity index (χ2n) is 7.50. The lowest BCUT2D eigenvalue weighted by Gasteiger charge is -2.38. The van der Waals surface area contributed by atoms with Gasteiger partial charge in [-0.25, -0.2) is 0 Å². The summed E-state index contributed by atoms with van der Waals surface area (Å²) in [4.78, 5) is 26.4. The van der Waals surface area contributed by atoms with Crippen molar-refractivity contribution in [2.75, 3.05) is 13.2 Å². The normalized spacial score (nSPS) is 17.1. The summed E-state index contributed by atoms with van der Waals surface area (Å²) in [7, 11) is 0. The van der Waals surface area contributed by atoms with Crippen LogP contribution in [0.1, 0.15) is 24.5 Å². The Hall–Kier alpha value is -3.59. The number of amides is 2. The monoisotopic (exact) mass is 426 g/mol. The lowest BCUT2D eigenvalue weighted by atomic mass is 10.0. The first-order valence-electron chi connectivity index (χ1n) is 9.96. The van der Waals surface area contributed by atoms with Crippen LogP contribution in [0.4, 0.5) is 0 Å². The Morgan fingerprint density at radius 3 is 2.52 bits per heavy atom. The molecule has 9 nitrogen and oxygen atoms in total. The van der Waals surface area contributed by atoms with Crippen molar-refractivity contribution in [2.24, 2.45) is 10.9 Å². The summed E-state index contributed by atoms with van der Waals surface area (Å²) >= 11 is 0. The molecule has 1 aliphatic heterocycles. The third-order valence-corrected chi connectivity index (χ3v) is 4.91. The SMILES string of the molecule is C[C@H](N)CCOc1ccc(/C(=N\O)C(=O)N[C@H]2CN(Cc3ccc(O)cc3)C2=O)cc1. The van der Waals surface area contributed by atoms with Crippen LogP contribution in [0, 0.1) is 0 Å². The second-order valence-corrected chi connectivity index (χ2v) is 7.50. The number of phenols is 1. The number of nitrogens with one attached hydrogen (secondary N) is 1. The number of rotatable bonds is 9. The standard InChI is InChI=1S/C22H26N4O5/c1-14(23)10-11-31-18-8-4-16(5-9-18)20(25-30)21(28)24-19-13-26(22(19)29)12-15-2-6-17(27)7-3-15/h2-9,14,19,27,30H,10-13,23H2,1H3,(H,24,28)/b25-20+/t14-,19-/m0/s1. The van der Waals surface area contributed by atoms with E-state index in [-0.39, 0.29) is 23.4 Å². The van der Waals surface area contributed by atoms with Gasteiger partial charge in [0.25, 0.3) is 5.91 Å². The number of hydrogen-bond donors (Lipinski definition) is 4. The number of likely N-dealkylation sites (tertiary alicyclic amines) is 1. The molecule has 1 heterocycles. The predicted octanol–water partition coefficient (Wildman–Crippen LogP) is 1.21. The fraction of sp³-hybridized carbons (Fsp3) is 0.318. The summed E-state index contributed by atoms with van der Waals surface area (Å²) in [5, 5.41) is 24.4. The summed E-state index contributed by atoms with van der Waals surface area (Å²) in [6.45, 7) is 3.10. The van der Waals surface area contributed by atoms with E-state index in [9.17, 15) is 19.9 Å². The van der Waals surface area contributed by atoms with E-state index in [1.54, 1.807) is 53.4 Å². The van der Waals surface area contributed by atoms with Gasteiger partial charge in [-0.1, -0.05) is 17.3 Å². The van der Waals surface area contributed by atoms with Crippen LogP contribution < -0.4 is 15.8 Å². The number of nitrogens with zero attached hydrogens (tertiary/aromatic N) is 2. The van der Waals surface area contributed by atoms with Gasteiger partial charge in [-0.15, -0.1) is 0 Å². The molecule has 31 heavy (non-hydrogen) atoms. The first-order valence-corrected chi connectivity index (χ1v) is 9.96. The summed E-state index contributed by atoms with van der Waals surface area (Å²) in [6.07, 6.45) is 0.715. The summed E-state index contributed by atoms with van der Waals surface area (Å²) in [5.41, 5.74) is 6.77. The number of nitrogens with two attached hydrogens (primary N) is 1. The molecule has 0 unspecified atom stereocenters. The maximum Gasteiger partial charge on any atom is 0.274 e. The van der Waals surface area contributed by atoms with Gasteiger partial charge < -0.3 is 31.0 Å². The fourth-order valence-electron chi connectivity index (χ4n) is 3.10. The van der Waals surface area contributed by atoms with E-state index in [0.717, 1.165) is 5.56 Å². The minimum atomic E-state index is -0.678. The Balaban J connectivity index is 1.52. The molecule has 1 fully saturated rings. The summed E-state index contributed by atoms with van der Waals surface area (Å²) in [5.74, 6) is -0.0992. The molecule has 2 aromatic carbocycles. The van der Waals surface area contributed by atoms with Crippen molar-refractivity contribution in [3.8, 4) is 11.5 Å². The van der Waals surface area contributed by atoms with Crippen molar-refractivity contribution in [1.82, 2.24) is 10.2 Å². The van der Waals surface area contributed by atoms with Crippen molar-refractivity contribution < 1.29 is 24.6 Å². The Morgan fingerprint density at radius 1 is 1.26 bits per heavy atom. The molecule has 3 rings (SSSR count). The van der Waals surface area contributed by atoms with Crippen molar-refractivity contribution in [3.63, 3.8) is 0 Å². The lowest BCUT2D eigenvalue weighted by molar-refractivity contribution is -0.146. The predicted molar refractivity (Wildman–Crippen MR) is 114 cm³/mol. The zero-order valence-corrected chi connectivity index (χ0v) is 17.2. The fourth-order valence-corrected chi connectivity index (χ4v) is 3.10. The Kier molecular flexibility index (Phi) is 7.09. The largest absolute Gasteiger partial charge is 0.508 e. The maximum absolute atomic E-state index is 12.5. The quantitative estimate of drug-likeness (QED) is 0.206. The van der Waals surface area contributed by atoms with Crippen LogP contribution in [0.2, 0.25) is 0 Å². The number of ether oxygens (including phenoxy) is 1. The van der Waals surface area contributed by atoms with Crippen LogP contribution in [-0.4, -0.2) is 58.0 Å². The molecule has 0 aliphatic carbocycles. The number of phenolic OH excluding ortho intramolecular Hbond substituents is 1. The highest BCUT2D eigenvalue weighted by Crippen LogP contribution is 2.18. The van der Waals surface area contributed by atoms with Crippen LogP contribution in [0.3, 0.4) is 0 Å². The average molecular weight is 426 g/mol. The third-order valence-electron chi connectivity index (χ3n) is 4.91. The molecule has 2 atom stereocenters. The van der Waals surface area contributed by atoms with Gasteiger partial charge in [0.05, 0.1) is 13.2 Å². The maximum atomic E-state index is 12.5. The zero-order chi connectivity index (χ0) is 22.4. The van der Waals surface area contributed by atoms with E-state index in [0.29, 0.717) is 37.4 Å². The summed E-state index contributed by atoms with van der Waals surface area (Å²) < 4.78 is 5.57. The van der Waals surface area contributed by atoms with Gasteiger partial charge in [-0.3, -0.25) is 9.59 Å². The van der Waals surface area contributed by atoms with E-state index >= 15 is 0 Å². The average Bonchev–Trinajstić information content (AvgIpc) is 2.75. The molecule has 9 heteroatoms. The van der Waals surface area contributed by atoms with E-state index in [4.69, 9.17) is 10.5 Å². The number of oxime groups is 1. The second kappa shape index (κ2) is 9.94. The van der Waals surface area contributed by atoms with E-state index < -0.39 is 11.9 Å². The van der Waals surface area contributed by atoms with Crippen LogP contribution in [0.25, 0.3) is 0 Å². The number of carbonyl (C=O) groups is 2. The van der Waals surface area contributed by atoms with Crippen LogP contribution in [0.15, 0.2) is 53.7 Å². The van der Waals surface area contributed by atoms with Crippen molar-refractivity contribution >= 4 is 17.5 Å². The molecule has 0 saturated carbocycles. The lowest BCUT2D eigenvalue weighted by Crippen LogP contribution is -2.64. The minimum absolute atomic E-state index is 0.0438. The van der Waals surface area contributed by atoms with Gasteiger partial charge in [0.2, 0.25) is 5.91 Å². The molecular weight excluding hydrogens is 400 g/mol. The van der Waals surface area contributed by atoms with Crippen molar-refractivity contribution in [2.45, 2.75) is 32.0 Å². The van der Waals surface area contributed by atoms with Gasteiger partial charge in [-0.2, -0.15) is 0 Å². The van der Waals surface area contributed by atoms with Crippen molar-refractivity contribution in [3.05, 3.63) is 59.7 Å². The van der Waals surface area contributed by atoms with Crippen LogP contribution in [-0.2, 0) is 16.1 Å². The summed E-state index contributed by atoms with van der Waals surface area (Å²) in [6, 6.07) is 12.5. The first-order chi connectivity index (χ1) is 14.9. The van der Waals surface area contributed by atoms with Gasteiger partial charge >= 0.3 is 0 Å². The molecule has 0 bridgehead atoms. The van der Waals surface area contributed by atoms with Gasteiger partial charge in [0, 0.05) is 18.2 Å². The van der Waals surface area contributed by atoms with E-state index in [2.05, 4.69) is 10.5 Å². The highest BCUT2D eigenvalue weighted by atomic mass is 16.5. The molecule has 5 N–H and O–H groups in total. The molecule has 0 radical (unpaired) electrons. The van der Waals surface area contributed by atoms with Gasteiger partial charge in [0.15, 0.2) is 5.71 Å². The molecule has 2 amide bonds. The van der Waals surface area contributed by atoms with Crippen LogP contribution >= 0.6 is 0 Å². The smallest absolute Gasteiger partial charge is 0.274 e. The minimum Gasteiger partial charge on any atom is -0.508 e. The highest BCUT2D eigenvalue weighted by Gasteiger charge is 2.38. The topological polar surface area (TPSA) is 137 Å². The molecule has 164 valence electrons. The van der Waals surface area contributed by atoms with E-state index in [1.807, 2.05) is 6.92 Å². The molecule has 0 aromatic heterocycles. The molecule has 2 aromatic rings. The first kappa shape index (κ1) is 22.1. The highest BCUT2D eigenvalue weighted by molar-refractivity contribution is 6.45.